The van der Waals surface area contributed by atoms with Gasteiger partial charge in [0, 0.05) is 24.8 Å². The average molecular weight is 795 g/mol. The Morgan fingerprint density at radius 3 is 2.66 bits per heavy atom. The highest BCUT2D eigenvalue weighted by Gasteiger charge is 2.63. The second-order valence-corrected chi connectivity index (χ2v) is 19.4. The minimum absolute atomic E-state index is 0.110. The smallest absolute Gasteiger partial charge is 0.305 e. The molecule has 8 rings (SSSR count). The van der Waals surface area contributed by atoms with E-state index in [-0.39, 0.29) is 29.5 Å². The molecule has 5 N–H and O–H groups in total. The fraction of sp³-hybridized carbons (Fsp3) is 0.805. The predicted molar refractivity (Wildman–Crippen MR) is 211 cm³/mol. The molecule has 14 nitrogen and oxygen atoms in total. The summed E-state index contributed by atoms with van der Waals surface area (Å²) in [5.41, 5.74) is 8.67. The molecule has 0 aromatic carbocycles. The van der Waals surface area contributed by atoms with E-state index < -0.39 is 18.4 Å². The molecular formula is C41H62N8O6S. The number of hydrogen-bond acceptors (Lipinski definition) is 13. The van der Waals surface area contributed by atoms with Gasteiger partial charge in [-0.1, -0.05) is 37.7 Å². The number of hydrogen-bond donors (Lipinski definition) is 4. The molecule has 5 fully saturated rings. The molecule has 4 aliphatic carbocycles. The van der Waals surface area contributed by atoms with Crippen LogP contribution in [-0.2, 0) is 20.7 Å². The van der Waals surface area contributed by atoms with Gasteiger partial charge < -0.3 is 30.5 Å². The van der Waals surface area contributed by atoms with Crippen molar-refractivity contribution in [2.45, 2.75) is 146 Å². The van der Waals surface area contributed by atoms with Crippen LogP contribution < -0.4 is 5.73 Å². The first-order valence-electron chi connectivity index (χ1n) is 21.2. The fourth-order valence-electron chi connectivity index (χ4n) is 12.5. The summed E-state index contributed by atoms with van der Waals surface area (Å²) in [6.45, 7) is 7.13. The van der Waals surface area contributed by atoms with Crippen molar-refractivity contribution in [1.29, 1.82) is 0 Å². The molecule has 4 heterocycles. The number of esters is 1. The summed E-state index contributed by atoms with van der Waals surface area (Å²) >= 11 is 1.60. The number of carbonyl (C=O) groups is 1. The van der Waals surface area contributed by atoms with Gasteiger partial charge in [0.2, 0.25) is 0 Å². The first-order chi connectivity index (χ1) is 26.9. The summed E-state index contributed by atoms with van der Waals surface area (Å²) in [4.78, 5) is 25.2. The van der Waals surface area contributed by atoms with Crippen molar-refractivity contribution in [3.05, 3.63) is 18.2 Å². The number of aliphatic hydroxyl groups is 3. The van der Waals surface area contributed by atoms with Crippen molar-refractivity contribution in [3.63, 3.8) is 0 Å². The van der Waals surface area contributed by atoms with Crippen LogP contribution >= 0.6 is 11.8 Å². The van der Waals surface area contributed by atoms with Gasteiger partial charge >= 0.3 is 5.97 Å². The van der Waals surface area contributed by atoms with Crippen LogP contribution in [0, 0.1) is 46.3 Å². The zero-order valence-corrected chi connectivity index (χ0v) is 34.3. The summed E-state index contributed by atoms with van der Waals surface area (Å²) in [5.74, 6) is 4.03. The third kappa shape index (κ3) is 7.15. The van der Waals surface area contributed by atoms with E-state index in [1.165, 1.54) is 45.5 Å². The lowest BCUT2D eigenvalue weighted by molar-refractivity contribution is -0.169. The number of imidazole rings is 1. The number of thioether (sulfide) groups is 1. The third-order valence-corrected chi connectivity index (χ3v) is 16.6. The quantitative estimate of drug-likeness (QED) is 0.0961. The molecule has 56 heavy (non-hydrogen) atoms. The summed E-state index contributed by atoms with van der Waals surface area (Å²) in [6, 6.07) is 0.305. The number of aromatic nitrogens is 7. The Hall–Kier alpha value is -2.85. The van der Waals surface area contributed by atoms with Crippen molar-refractivity contribution < 1.29 is 29.6 Å². The van der Waals surface area contributed by atoms with Crippen molar-refractivity contribution >= 4 is 34.7 Å². The lowest BCUT2D eigenvalue weighted by Crippen LogP contribution is -2.58. The maximum Gasteiger partial charge on any atom is 0.305 e. The number of aryl methyl sites for hydroxylation is 1. The van der Waals surface area contributed by atoms with E-state index >= 15 is 0 Å². The van der Waals surface area contributed by atoms with Gasteiger partial charge in [-0.05, 0) is 123 Å². The Labute approximate surface area is 334 Å². The molecule has 3 aromatic rings. The first kappa shape index (κ1) is 40.0. The number of carbonyl (C=O) groups excluding carboxylic acids is 1. The standard InChI is InChI=1S/C41H62N8O6S/c1-23(8-11-34(53)54-4)27-9-10-28-35-29(13-15-41(27,28)3)40(2)14-12-26(17-24(40)18-31(35)52)48-20-25(46-47-48)7-5-6-16-56-39-45-36-37(42)43-22-44-38(36)49(39)33-19-30(51)32(21-50)55-33/h20,22-24,26-33,35,50-52H,5-19,21H2,1-4H3,(H2,42,43,44)/t23-,24+,26-,27-,28+,29+,30+,31+,32-,33-,35+,40+,41-/m1/s1. The van der Waals surface area contributed by atoms with Crippen molar-refractivity contribution in [3.8, 4) is 0 Å². The SMILES string of the molecule is COC(=O)CC[C@@H](C)[C@H]1CC[C@H]2[C@@H]3[C@@H](O)C[C@@H]4C[C@H](n5cc(CCCCSc6nc7c(N)ncnc7n6[C@H]6C[C@H](O)[C@@H](CO)O6)nn5)CC[C@]4(C)[C@H]3CC[C@]12C. The van der Waals surface area contributed by atoms with Gasteiger partial charge in [0.1, 0.15) is 18.7 Å². The Morgan fingerprint density at radius 2 is 1.88 bits per heavy atom. The molecule has 0 bridgehead atoms. The van der Waals surface area contributed by atoms with Gasteiger partial charge in [0.05, 0.1) is 37.7 Å². The third-order valence-electron chi connectivity index (χ3n) is 15.6. The normalized spacial score (nSPS) is 37.3. The predicted octanol–water partition coefficient (Wildman–Crippen LogP) is 5.52. The zero-order valence-electron chi connectivity index (χ0n) is 33.5. The lowest BCUT2D eigenvalue weighted by Gasteiger charge is -2.62. The van der Waals surface area contributed by atoms with Crippen LogP contribution in [0.2, 0.25) is 0 Å². The van der Waals surface area contributed by atoms with E-state index in [4.69, 9.17) is 20.2 Å². The number of nitrogen functional groups attached to an aromatic ring is 1. The fourth-order valence-corrected chi connectivity index (χ4v) is 13.6. The molecule has 1 aliphatic heterocycles. The summed E-state index contributed by atoms with van der Waals surface area (Å²) in [5, 5.41) is 41.9. The molecule has 0 radical (unpaired) electrons. The number of anilines is 1. The maximum absolute atomic E-state index is 11.9. The van der Waals surface area contributed by atoms with E-state index in [0.717, 1.165) is 56.4 Å². The molecule has 308 valence electrons. The zero-order chi connectivity index (χ0) is 39.4. The molecule has 1 saturated heterocycles. The van der Waals surface area contributed by atoms with Crippen molar-refractivity contribution in [2.24, 2.45) is 46.3 Å². The van der Waals surface area contributed by atoms with Crippen molar-refractivity contribution in [2.75, 3.05) is 25.2 Å². The van der Waals surface area contributed by atoms with Crippen LogP contribution in [0.4, 0.5) is 5.82 Å². The highest BCUT2D eigenvalue weighted by molar-refractivity contribution is 7.99. The Bertz CT molecular complexity index is 1860. The highest BCUT2D eigenvalue weighted by Crippen LogP contribution is 2.69. The van der Waals surface area contributed by atoms with Crippen molar-refractivity contribution in [1.82, 2.24) is 34.5 Å². The summed E-state index contributed by atoms with van der Waals surface area (Å²) in [6.07, 6.45) is 14.8. The van der Waals surface area contributed by atoms with Crippen LogP contribution in [0.25, 0.3) is 11.2 Å². The van der Waals surface area contributed by atoms with Crippen LogP contribution in [0.5, 0.6) is 0 Å². The number of nitrogens with zero attached hydrogens (tertiary/aromatic N) is 7. The topological polar surface area (TPSA) is 197 Å². The number of methoxy groups -OCH3 is 1. The number of ether oxygens (including phenoxy) is 2. The molecule has 0 spiro atoms. The van der Waals surface area contributed by atoms with E-state index in [2.05, 4.69) is 51.9 Å². The summed E-state index contributed by atoms with van der Waals surface area (Å²) in [7, 11) is 1.48. The minimum Gasteiger partial charge on any atom is -0.469 e. The average Bonchev–Trinajstić information content (AvgIpc) is 3.98. The van der Waals surface area contributed by atoms with Gasteiger partial charge in [-0.3, -0.25) is 9.36 Å². The number of rotatable bonds is 13. The second kappa shape index (κ2) is 16.1. The molecule has 0 amide bonds. The monoisotopic (exact) mass is 794 g/mol. The number of unbranched alkanes of at least 4 members (excludes halogenated alkanes) is 1. The molecular weight excluding hydrogens is 733 g/mol. The van der Waals surface area contributed by atoms with E-state index in [0.29, 0.717) is 76.5 Å². The number of fused-ring (bicyclic) bond motifs is 6. The van der Waals surface area contributed by atoms with Crippen LogP contribution in [-0.4, -0.2) is 93.6 Å². The second-order valence-electron chi connectivity index (χ2n) is 18.4. The van der Waals surface area contributed by atoms with E-state index in [1.54, 1.807) is 11.8 Å². The summed E-state index contributed by atoms with van der Waals surface area (Å²) < 4.78 is 14.9. The molecule has 5 aliphatic rings. The Kier molecular flexibility index (Phi) is 11.5. The van der Waals surface area contributed by atoms with Crippen LogP contribution in [0.1, 0.15) is 122 Å². The number of nitrogens with two attached hydrogens (primary N) is 1. The Balaban J connectivity index is 0.849. The molecule has 13 atom stereocenters. The van der Waals surface area contributed by atoms with Crippen LogP contribution in [0.15, 0.2) is 17.7 Å². The first-order valence-corrected chi connectivity index (χ1v) is 22.1. The number of aliphatic hydroxyl groups excluding tert-OH is 3. The largest absolute Gasteiger partial charge is 0.469 e. The minimum atomic E-state index is -0.775. The van der Waals surface area contributed by atoms with Gasteiger partial charge in [0.15, 0.2) is 22.1 Å². The van der Waals surface area contributed by atoms with Crippen LogP contribution in [0.3, 0.4) is 0 Å². The molecule has 0 unspecified atom stereocenters. The molecule has 15 heteroatoms. The lowest BCUT2D eigenvalue weighted by atomic mass is 9.43. The van der Waals surface area contributed by atoms with E-state index in [9.17, 15) is 20.1 Å². The maximum atomic E-state index is 11.9. The van der Waals surface area contributed by atoms with Gasteiger partial charge in [0.25, 0.3) is 0 Å². The Morgan fingerprint density at radius 1 is 1.07 bits per heavy atom. The highest BCUT2D eigenvalue weighted by atomic mass is 32.2. The molecule has 4 saturated carbocycles. The van der Waals surface area contributed by atoms with E-state index in [1.807, 2.05) is 4.57 Å². The molecule has 3 aromatic heterocycles. The van der Waals surface area contributed by atoms with Gasteiger partial charge in [-0.15, -0.1) is 5.10 Å². The van der Waals surface area contributed by atoms with Gasteiger partial charge in [-0.25, -0.2) is 19.6 Å². The van der Waals surface area contributed by atoms with Gasteiger partial charge in [-0.2, -0.15) is 0 Å².